The number of hydrogen-bond donors (Lipinski definition) is 1. The Labute approximate surface area is 121 Å². The molecule has 3 rings (SSSR count). The zero-order valence-electron chi connectivity index (χ0n) is 11.5. The number of hydrogen-bond acceptors (Lipinski definition) is 3. The van der Waals surface area contributed by atoms with Crippen LogP contribution < -0.4 is 4.90 Å². The number of aromatic nitrogens is 1. The molecule has 2 aromatic rings. The van der Waals surface area contributed by atoms with Gasteiger partial charge in [-0.15, -0.1) is 0 Å². The van der Waals surface area contributed by atoms with Gasteiger partial charge < -0.3 is 10.0 Å². The third kappa shape index (κ3) is 2.27. The van der Waals surface area contributed by atoms with E-state index < -0.39 is 5.97 Å². The van der Waals surface area contributed by atoms with Crippen molar-refractivity contribution in [3.05, 3.63) is 58.9 Å². The van der Waals surface area contributed by atoms with Gasteiger partial charge in [-0.1, -0.05) is 6.07 Å². The van der Waals surface area contributed by atoms with Crippen molar-refractivity contribution in [3.63, 3.8) is 0 Å². The zero-order valence-corrected chi connectivity index (χ0v) is 11.5. The van der Waals surface area contributed by atoms with Crippen LogP contribution in [0.25, 0.3) is 0 Å². The van der Waals surface area contributed by atoms with Crippen molar-refractivity contribution in [3.8, 4) is 0 Å². The van der Waals surface area contributed by atoms with Gasteiger partial charge in [0.25, 0.3) is 5.91 Å². The first-order valence-electron chi connectivity index (χ1n) is 6.67. The van der Waals surface area contributed by atoms with E-state index in [2.05, 4.69) is 4.98 Å². The molecule has 5 heteroatoms. The van der Waals surface area contributed by atoms with Crippen LogP contribution >= 0.6 is 0 Å². The lowest BCUT2D eigenvalue weighted by molar-refractivity contribution is 0.0696. The Hall–Kier alpha value is -2.69. The number of carboxylic acid groups (broad SMARTS) is 1. The average molecular weight is 282 g/mol. The highest BCUT2D eigenvalue weighted by Crippen LogP contribution is 2.30. The molecule has 0 atom stereocenters. The molecule has 0 saturated carbocycles. The van der Waals surface area contributed by atoms with Crippen molar-refractivity contribution in [1.82, 2.24) is 4.98 Å². The molecule has 0 bridgehead atoms. The summed E-state index contributed by atoms with van der Waals surface area (Å²) in [5.74, 6) is -1.10. The largest absolute Gasteiger partial charge is 0.478 e. The summed E-state index contributed by atoms with van der Waals surface area (Å²) in [4.78, 5) is 29.4. The standard InChI is InChI=1S/C16H14N2O3/c1-10-3-2-7-17-14(10)15(19)18-8-6-11-9-12(16(20)21)4-5-13(11)18/h2-5,7,9H,6,8H2,1H3,(H,20,21). The van der Waals surface area contributed by atoms with Crippen molar-refractivity contribution < 1.29 is 14.7 Å². The molecule has 1 aliphatic heterocycles. The second kappa shape index (κ2) is 5.01. The SMILES string of the molecule is Cc1cccnc1C(=O)N1CCc2cc(C(=O)O)ccc21. The van der Waals surface area contributed by atoms with Gasteiger partial charge in [-0.05, 0) is 48.7 Å². The van der Waals surface area contributed by atoms with Gasteiger partial charge in [0.1, 0.15) is 5.69 Å². The minimum Gasteiger partial charge on any atom is -0.478 e. The molecule has 0 aliphatic carbocycles. The number of pyridine rings is 1. The minimum atomic E-state index is -0.955. The van der Waals surface area contributed by atoms with Gasteiger partial charge in [0.2, 0.25) is 0 Å². The summed E-state index contributed by atoms with van der Waals surface area (Å²) in [6.45, 7) is 2.40. The van der Waals surface area contributed by atoms with E-state index in [1.807, 2.05) is 13.0 Å². The molecule has 1 aliphatic rings. The molecule has 1 amide bonds. The fourth-order valence-electron chi connectivity index (χ4n) is 2.58. The molecule has 0 fully saturated rings. The maximum absolute atomic E-state index is 12.6. The lowest BCUT2D eigenvalue weighted by atomic mass is 10.1. The predicted octanol–water partition coefficient (Wildman–Crippen LogP) is 2.29. The first-order valence-corrected chi connectivity index (χ1v) is 6.67. The van der Waals surface area contributed by atoms with Crippen molar-refractivity contribution in [2.24, 2.45) is 0 Å². The lowest BCUT2D eigenvalue weighted by Gasteiger charge is -2.17. The third-order valence-electron chi connectivity index (χ3n) is 3.68. The van der Waals surface area contributed by atoms with Crippen molar-refractivity contribution >= 4 is 17.6 Å². The zero-order chi connectivity index (χ0) is 15.0. The number of benzene rings is 1. The fraction of sp³-hybridized carbons (Fsp3) is 0.188. The second-order valence-corrected chi connectivity index (χ2v) is 5.02. The van der Waals surface area contributed by atoms with Crippen molar-refractivity contribution in [2.45, 2.75) is 13.3 Å². The Morgan fingerprint density at radius 1 is 1.29 bits per heavy atom. The van der Waals surface area contributed by atoms with E-state index in [1.165, 1.54) is 6.07 Å². The molecule has 0 saturated heterocycles. The smallest absolute Gasteiger partial charge is 0.335 e. The van der Waals surface area contributed by atoms with Crippen molar-refractivity contribution in [1.29, 1.82) is 0 Å². The molecule has 5 nitrogen and oxygen atoms in total. The molecule has 21 heavy (non-hydrogen) atoms. The van der Waals surface area contributed by atoms with Gasteiger partial charge in [-0.25, -0.2) is 4.79 Å². The number of carbonyl (C=O) groups is 2. The van der Waals surface area contributed by atoms with Crippen LogP contribution in [0.1, 0.15) is 32.0 Å². The van der Waals surface area contributed by atoms with E-state index in [-0.39, 0.29) is 11.5 Å². The number of carboxylic acids is 1. The number of aromatic carboxylic acids is 1. The number of nitrogens with zero attached hydrogens (tertiary/aromatic N) is 2. The normalized spacial score (nSPS) is 13.1. The van der Waals surface area contributed by atoms with Crippen LogP contribution in [-0.2, 0) is 6.42 Å². The van der Waals surface area contributed by atoms with E-state index in [9.17, 15) is 9.59 Å². The summed E-state index contributed by atoms with van der Waals surface area (Å²) in [6, 6.07) is 8.50. The van der Waals surface area contributed by atoms with E-state index in [4.69, 9.17) is 5.11 Å². The molecular formula is C16H14N2O3. The number of amides is 1. The van der Waals surface area contributed by atoms with Crippen LogP contribution in [0, 0.1) is 6.92 Å². The summed E-state index contributed by atoms with van der Waals surface area (Å²) in [5, 5.41) is 9.02. The number of fused-ring (bicyclic) bond motifs is 1. The monoisotopic (exact) mass is 282 g/mol. The van der Waals surface area contributed by atoms with Crippen molar-refractivity contribution in [2.75, 3.05) is 11.4 Å². The highest BCUT2D eigenvalue weighted by Gasteiger charge is 2.27. The molecule has 0 unspecified atom stereocenters. The maximum atomic E-state index is 12.6. The minimum absolute atomic E-state index is 0.144. The molecule has 1 aromatic heterocycles. The Morgan fingerprint density at radius 3 is 2.81 bits per heavy atom. The maximum Gasteiger partial charge on any atom is 0.335 e. The van der Waals surface area contributed by atoms with Gasteiger partial charge >= 0.3 is 5.97 Å². The first kappa shape index (κ1) is 13.3. The second-order valence-electron chi connectivity index (χ2n) is 5.02. The topological polar surface area (TPSA) is 70.5 Å². The van der Waals surface area contributed by atoms with E-state index >= 15 is 0 Å². The molecule has 0 spiro atoms. The quantitative estimate of drug-likeness (QED) is 0.917. The fourth-order valence-corrected chi connectivity index (χ4v) is 2.58. The van der Waals surface area contributed by atoms with Crippen LogP contribution in [0.3, 0.4) is 0 Å². The molecule has 0 radical (unpaired) electrons. The summed E-state index contributed by atoms with van der Waals surface area (Å²) in [6.07, 6.45) is 2.26. The van der Waals surface area contributed by atoms with Gasteiger partial charge in [0, 0.05) is 18.4 Å². The highest BCUT2D eigenvalue weighted by molar-refractivity contribution is 6.07. The van der Waals surface area contributed by atoms with Gasteiger partial charge in [-0.2, -0.15) is 0 Å². The Balaban J connectivity index is 1.96. The lowest BCUT2D eigenvalue weighted by Crippen LogP contribution is -2.30. The molecule has 2 heterocycles. The number of aryl methyl sites for hydroxylation is 1. The van der Waals surface area contributed by atoms with Crippen LogP contribution in [-0.4, -0.2) is 28.5 Å². The van der Waals surface area contributed by atoms with Gasteiger partial charge in [0.15, 0.2) is 0 Å². The third-order valence-corrected chi connectivity index (χ3v) is 3.68. The summed E-state index contributed by atoms with van der Waals surface area (Å²) in [5.41, 5.74) is 3.18. The molecule has 1 N–H and O–H groups in total. The van der Waals surface area contributed by atoms with Crippen LogP contribution in [0.2, 0.25) is 0 Å². The molecule has 1 aromatic carbocycles. The van der Waals surface area contributed by atoms with Gasteiger partial charge in [0.05, 0.1) is 5.56 Å². The first-order chi connectivity index (χ1) is 10.1. The van der Waals surface area contributed by atoms with E-state index in [0.29, 0.717) is 18.7 Å². The van der Waals surface area contributed by atoms with Crippen LogP contribution in [0.15, 0.2) is 36.5 Å². The Bertz CT molecular complexity index is 740. The van der Waals surface area contributed by atoms with Crippen LogP contribution in [0.4, 0.5) is 5.69 Å². The molecular weight excluding hydrogens is 268 g/mol. The highest BCUT2D eigenvalue weighted by atomic mass is 16.4. The summed E-state index contributed by atoms with van der Waals surface area (Å²) >= 11 is 0. The number of rotatable bonds is 2. The average Bonchev–Trinajstić information content (AvgIpc) is 2.90. The number of anilines is 1. The predicted molar refractivity (Wildman–Crippen MR) is 77.8 cm³/mol. The Morgan fingerprint density at radius 2 is 2.10 bits per heavy atom. The summed E-state index contributed by atoms with van der Waals surface area (Å²) in [7, 11) is 0. The van der Waals surface area contributed by atoms with E-state index in [1.54, 1.807) is 29.3 Å². The van der Waals surface area contributed by atoms with Gasteiger partial charge in [-0.3, -0.25) is 9.78 Å². The van der Waals surface area contributed by atoms with E-state index in [0.717, 1.165) is 16.8 Å². The van der Waals surface area contributed by atoms with Crippen LogP contribution in [0.5, 0.6) is 0 Å². The summed E-state index contributed by atoms with van der Waals surface area (Å²) < 4.78 is 0. The number of carbonyl (C=O) groups excluding carboxylic acids is 1. The Kier molecular flexibility index (Phi) is 3.17. The molecule has 106 valence electrons.